The summed E-state index contributed by atoms with van der Waals surface area (Å²) in [6.45, 7) is 0. The predicted octanol–water partition coefficient (Wildman–Crippen LogP) is 3.29. The van der Waals surface area contributed by atoms with Crippen molar-refractivity contribution < 1.29 is 27.0 Å². The third-order valence-corrected chi connectivity index (χ3v) is 4.42. The fourth-order valence-electron chi connectivity index (χ4n) is 3.05. The second-order valence-corrected chi connectivity index (χ2v) is 6.27. The topological polar surface area (TPSA) is 104 Å². The first kappa shape index (κ1) is 18.8. The van der Waals surface area contributed by atoms with Crippen molar-refractivity contribution in [3.05, 3.63) is 89.8 Å². The molecule has 5 aromatic rings. The first-order chi connectivity index (χ1) is 13.7. The maximum Gasteiger partial charge on any atom is 0.246 e. The van der Waals surface area contributed by atoms with Crippen LogP contribution in [0.5, 0.6) is 0 Å². The number of para-hydroxylation sites is 4. The predicted molar refractivity (Wildman–Crippen MR) is 103 cm³/mol. The van der Waals surface area contributed by atoms with Crippen LogP contribution in [0.25, 0.3) is 22.1 Å². The molecule has 0 radical (unpaired) electrons. The van der Waals surface area contributed by atoms with Gasteiger partial charge in [0.15, 0.2) is 11.6 Å². The second kappa shape index (κ2) is 7.43. The average Bonchev–Trinajstić information content (AvgIpc) is 3.36. The Labute approximate surface area is 175 Å². The third kappa shape index (κ3) is 3.36. The molecule has 0 aliphatic rings. The average molecular weight is 419 g/mol. The molecular weight excluding hydrogens is 406 g/mol. The summed E-state index contributed by atoms with van der Waals surface area (Å²) in [7, 11) is 0. The van der Waals surface area contributed by atoms with Gasteiger partial charge in [-0.2, -0.15) is 0 Å². The molecule has 3 heterocycles. The Morgan fingerprint density at radius 1 is 0.586 bits per heavy atom. The standard InChI is InChI=1S/C21H13N5O2.Cr/c27-18(20-23-12-6-1-2-7-13(12)24-20)16-10-5-11-17(22-16)19(28)21-25-14-8-3-4-9-15(14)26-21;/h1-11H,(H,23,24)(H,25,26);. The van der Waals surface area contributed by atoms with Crippen molar-refractivity contribution in [2.24, 2.45) is 0 Å². The van der Waals surface area contributed by atoms with Crippen LogP contribution in [-0.2, 0) is 17.4 Å². The van der Waals surface area contributed by atoms with E-state index in [-0.39, 0.29) is 52.0 Å². The molecule has 0 unspecified atom stereocenters. The molecule has 0 bridgehead atoms. The van der Waals surface area contributed by atoms with Gasteiger partial charge in [-0.15, -0.1) is 0 Å². The minimum Gasteiger partial charge on any atom is -0.335 e. The number of aromatic nitrogens is 5. The monoisotopic (exact) mass is 419 g/mol. The van der Waals surface area contributed by atoms with E-state index in [0.29, 0.717) is 11.0 Å². The Morgan fingerprint density at radius 3 is 1.48 bits per heavy atom. The number of carbonyl (C=O) groups excluding carboxylic acids is 2. The van der Waals surface area contributed by atoms with Crippen LogP contribution in [0, 0.1) is 0 Å². The van der Waals surface area contributed by atoms with Crippen molar-refractivity contribution in [2.45, 2.75) is 0 Å². The molecule has 0 saturated carbocycles. The molecule has 0 saturated heterocycles. The van der Waals surface area contributed by atoms with Crippen LogP contribution in [0.3, 0.4) is 0 Å². The normalized spacial score (nSPS) is 10.8. The number of aromatic amines is 2. The summed E-state index contributed by atoms with van der Waals surface area (Å²) in [6.07, 6.45) is 0. The smallest absolute Gasteiger partial charge is 0.246 e. The molecule has 0 fully saturated rings. The van der Waals surface area contributed by atoms with E-state index in [1.54, 1.807) is 18.2 Å². The van der Waals surface area contributed by atoms with Crippen LogP contribution in [0.1, 0.15) is 32.6 Å². The Kier molecular flexibility index (Phi) is 4.81. The number of pyridine rings is 1. The van der Waals surface area contributed by atoms with E-state index in [1.165, 1.54) is 0 Å². The summed E-state index contributed by atoms with van der Waals surface area (Å²) < 4.78 is 0. The van der Waals surface area contributed by atoms with Gasteiger partial charge in [0.1, 0.15) is 11.4 Å². The molecule has 5 rings (SSSR count). The van der Waals surface area contributed by atoms with Crippen LogP contribution in [-0.4, -0.2) is 36.5 Å². The van der Waals surface area contributed by atoms with Gasteiger partial charge in [-0.1, -0.05) is 30.3 Å². The molecule has 0 amide bonds. The van der Waals surface area contributed by atoms with Crippen molar-refractivity contribution in [3.8, 4) is 0 Å². The molecular formula is C21H13CrN5O2. The van der Waals surface area contributed by atoms with Crippen molar-refractivity contribution in [1.29, 1.82) is 0 Å². The number of nitrogens with one attached hydrogen (secondary N) is 2. The summed E-state index contributed by atoms with van der Waals surface area (Å²) in [5.41, 5.74) is 3.20. The van der Waals surface area contributed by atoms with Crippen molar-refractivity contribution in [3.63, 3.8) is 0 Å². The zero-order valence-corrected chi connectivity index (χ0v) is 16.2. The zero-order valence-electron chi connectivity index (χ0n) is 14.9. The van der Waals surface area contributed by atoms with E-state index in [4.69, 9.17) is 0 Å². The number of hydrogen-bond acceptors (Lipinski definition) is 5. The minimum absolute atomic E-state index is 0. The second-order valence-electron chi connectivity index (χ2n) is 6.27. The minimum atomic E-state index is -0.379. The van der Waals surface area contributed by atoms with Gasteiger partial charge < -0.3 is 9.97 Å². The number of fused-ring (bicyclic) bond motifs is 2. The molecule has 3 aromatic heterocycles. The number of hydrogen-bond donors (Lipinski definition) is 2. The first-order valence-corrected chi connectivity index (χ1v) is 8.65. The van der Waals surface area contributed by atoms with E-state index in [2.05, 4.69) is 24.9 Å². The number of carbonyl (C=O) groups is 2. The Balaban J connectivity index is 0.00000205. The van der Waals surface area contributed by atoms with E-state index in [9.17, 15) is 9.59 Å². The summed E-state index contributed by atoms with van der Waals surface area (Å²) in [4.78, 5) is 44.4. The number of benzene rings is 2. The van der Waals surface area contributed by atoms with Crippen LogP contribution in [0.4, 0.5) is 0 Å². The summed E-state index contributed by atoms with van der Waals surface area (Å²) in [5, 5.41) is 0. The Bertz CT molecular complexity index is 1200. The van der Waals surface area contributed by atoms with Crippen molar-refractivity contribution in [2.75, 3.05) is 0 Å². The van der Waals surface area contributed by atoms with Gasteiger partial charge in [0, 0.05) is 17.4 Å². The summed E-state index contributed by atoms with van der Waals surface area (Å²) >= 11 is 0. The summed E-state index contributed by atoms with van der Waals surface area (Å²) in [5.74, 6) is -0.394. The van der Waals surface area contributed by atoms with Gasteiger partial charge in [0.05, 0.1) is 22.1 Å². The Hall–Kier alpha value is -3.60. The van der Waals surface area contributed by atoms with Gasteiger partial charge in [-0.05, 0) is 36.4 Å². The number of ketones is 2. The SMILES string of the molecule is O=C(c1cccc(C(=O)c2nc3ccccc3[nH]2)n1)c1nc2ccccc2[nH]1.[Cr]. The van der Waals surface area contributed by atoms with E-state index >= 15 is 0 Å². The Morgan fingerprint density at radius 2 is 1.03 bits per heavy atom. The molecule has 2 aromatic carbocycles. The maximum atomic E-state index is 12.8. The molecule has 0 atom stereocenters. The molecule has 2 N–H and O–H groups in total. The molecule has 0 aliphatic heterocycles. The number of imidazole rings is 2. The quantitative estimate of drug-likeness (QED) is 0.435. The van der Waals surface area contributed by atoms with Crippen LogP contribution in [0.2, 0.25) is 0 Å². The van der Waals surface area contributed by atoms with E-state index in [1.807, 2.05) is 48.5 Å². The first-order valence-electron chi connectivity index (χ1n) is 8.65. The molecule has 7 nitrogen and oxygen atoms in total. The maximum absolute atomic E-state index is 12.8. The van der Waals surface area contributed by atoms with E-state index < -0.39 is 0 Å². The molecule has 140 valence electrons. The number of nitrogens with zero attached hydrogens (tertiary/aromatic N) is 3. The zero-order chi connectivity index (χ0) is 19.1. The van der Waals surface area contributed by atoms with E-state index in [0.717, 1.165) is 11.0 Å². The van der Waals surface area contributed by atoms with Gasteiger partial charge in [-0.25, -0.2) is 15.0 Å². The fourth-order valence-corrected chi connectivity index (χ4v) is 3.05. The van der Waals surface area contributed by atoms with Crippen LogP contribution >= 0.6 is 0 Å². The van der Waals surface area contributed by atoms with Crippen LogP contribution < -0.4 is 0 Å². The third-order valence-electron chi connectivity index (χ3n) is 4.42. The van der Waals surface area contributed by atoms with Crippen molar-refractivity contribution >= 4 is 33.6 Å². The fraction of sp³-hybridized carbons (Fsp3) is 0. The number of rotatable bonds is 4. The molecule has 0 aliphatic carbocycles. The van der Waals surface area contributed by atoms with Crippen molar-refractivity contribution in [1.82, 2.24) is 24.9 Å². The van der Waals surface area contributed by atoms with Crippen LogP contribution in [0.15, 0.2) is 66.7 Å². The largest absolute Gasteiger partial charge is 0.335 e. The number of H-pyrrole nitrogens is 2. The van der Waals surface area contributed by atoms with Gasteiger partial charge in [0.25, 0.3) is 0 Å². The molecule has 29 heavy (non-hydrogen) atoms. The molecule has 8 heteroatoms. The summed E-state index contributed by atoms with van der Waals surface area (Å²) in [6, 6.07) is 19.5. The van der Waals surface area contributed by atoms with Gasteiger partial charge in [-0.3, -0.25) is 9.59 Å². The van der Waals surface area contributed by atoms with Gasteiger partial charge in [0.2, 0.25) is 11.6 Å². The molecule has 0 spiro atoms. The van der Waals surface area contributed by atoms with Gasteiger partial charge >= 0.3 is 0 Å².